The monoisotopic (exact) mass is 184 g/mol. The molecule has 0 saturated heterocycles. The molecule has 0 aliphatic rings. The van der Waals surface area contributed by atoms with E-state index in [1.807, 2.05) is 0 Å². The Morgan fingerprint density at radius 3 is 2.31 bits per heavy atom. The van der Waals surface area contributed by atoms with E-state index in [9.17, 15) is 4.79 Å². The Balaban J connectivity index is 4.57. The summed E-state index contributed by atoms with van der Waals surface area (Å²) in [5.41, 5.74) is 0. The summed E-state index contributed by atoms with van der Waals surface area (Å²) in [6, 6.07) is 0. The van der Waals surface area contributed by atoms with E-state index >= 15 is 0 Å². The third-order valence-electron chi connectivity index (χ3n) is 1.63. The van der Waals surface area contributed by atoms with Crippen LogP contribution in [0.15, 0.2) is 25.3 Å². The molecule has 13 heavy (non-hydrogen) atoms. The maximum Gasteiger partial charge on any atom is 0.409 e. The van der Waals surface area contributed by atoms with Crippen LogP contribution in [-0.2, 0) is 0 Å². The van der Waals surface area contributed by atoms with Gasteiger partial charge in [-0.05, 0) is 14.1 Å². The highest BCUT2D eigenvalue weighted by Gasteiger charge is 2.20. The molecule has 1 unspecified atom stereocenters. The molecule has 0 aromatic carbocycles. The molecule has 0 aliphatic heterocycles. The second kappa shape index (κ2) is 5.37. The molecule has 4 heteroatoms. The van der Waals surface area contributed by atoms with E-state index in [4.69, 9.17) is 5.11 Å². The lowest BCUT2D eigenvalue weighted by Gasteiger charge is -2.30. The first-order valence-electron chi connectivity index (χ1n) is 3.94. The van der Waals surface area contributed by atoms with Crippen molar-refractivity contribution in [1.82, 2.24) is 9.80 Å². The van der Waals surface area contributed by atoms with E-state index in [0.29, 0.717) is 6.54 Å². The van der Waals surface area contributed by atoms with Crippen LogP contribution in [0.1, 0.15) is 0 Å². The molecular formula is C9H16N2O2. The summed E-state index contributed by atoms with van der Waals surface area (Å²) in [6.07, 6.45) is 1.85. The summed E-state index contributed by atoms with van der Waals surface area (Å²) in [4.78, 5) is 13.8. The molecule has 1 N–H and O–H groups in total. The molecule has 0 aromatic rings. The molecule has 0 spiro atoms. The standard InChI is InChI=1S/C9H16N2O2/c1-5-7-11(9(12)13)8(6-2)10(3)4/h5-6,8H,1-2,7H2,3-4H3,(H,12,13). The van der Waals surface area contributed by atoms with E-state index < -0.39 is 6.09 Å². The van der Waals surface area contributed by atoms with Gasteiger partial charge in [0.25, 0.3) is 0 Å². The Morgan fingerprint density at radius 2 is 2.08 bits per heavy atom. The van der Waals surface area contributed by atoms with Crippen molar-refractivity contribution in [1.29, 1.82) is 0 Å². The molecule has 0 aliphatic carbocycles. The quantitative estimate of drug-likeness (QED) is 0.516. The molecule has 4 nitrogen and oxygen atoms in total. The van der Waals surface area contributed by atoms with E-state index in [2.05, 4.69) is 13.2 Å². The minimum absolute atomic E-state index is 0.296. The molecule has 0 saturated carbocycles. The lowest BCUT2D eigenvalue weighted by Crippen LogP contribution is -2.46. The molecule has 0 aromatic heterocycles. The van der Waals surface area contributed by atoms with Crippen molar-refractivity contribution in [3.05, 3.63) is 25.3 Å². The first-order chi connectivity index (χ1) is 6.04. The summed E-state index contributed by atoms with van der Waals surface area (Å²) in [6.45, 7) is 7.38. The van der Waals surface area contributed by atoms with Crippen LogP contribution in [0.2, 0.25) is 0 Å². The summed E-state index contributed by atoms with van der Waals surface area (Å²) in [5.74, 6) is 0. The maximum atomic E-state index is 10.8. The molecular weight excluding hydrogens is 168 g/mol. The van der Waals surface area contributed by atoms with Crippen LogP contribution in [0.4, 0.5) is 4.79 Å². The largest absolute Gasteiger partial charge is 0.465 e. The molecule has 0 heterocycles. The number of nitrogens with zero attached hydrogens (tertiary/aromatic N) is 2. The van der Waals surface area contributed by atoms with Gasteiger partial charge < -0.3 is 5.11 Å². The SMILES string of the molecule is C=CCN(C(=O)O)C(C=C)N(C)C. The van der Waals surface area contributed by atoms with E-state index in [0.717, 1.165) is 0 Å². The van der Waals surface area contributed by atoms with E-state index in [1.165, 1.54) is 4.90 Å². The molecule has 0 fully saturated rings. The Morgan fingerprint density at radius 1 is 1.54 bits per heavy atom. The molecule has 1 atom stereocenters. The van der Waals surface area contributed by atoms with Crippen molar-refractivity contribution < 1.29 is 9.90 Å². The molecule has 0 radical (unpaired) electrons. The zero-order valence-electron chi connectivity index (χ0n) is 8.10. The lowest BCUT2D eigenvalue weighted by molar-refractivity contribution is 0.0998. The van der Waals surface area contributed by atoms with Gasteiger partial charge in [-0.2, -0.15) is 0 Å². The van der Waals surface area contributed by atoms with Crippen molar-refractivity contribution in [2.45, 2.75) is 6.17 Å². The summed E-state index contributed by atoms with van der Waals surface area (Å²) >= 11 is 0. The first-order valence-corrected chi connectivity index (χ1v) is 3.94. The van der Waals surface area contributed by atoms with Crippen molar-refractivity contribution >= 4 is 6.09 Å². The van der Waals surface area contributed by atoms with Gasteiger partial charge in [0, 0.05) is 6.54 Å². The van der Waals surface area contributed by atoms with Crippen LogP contribution in [0.25, 0.3) is 0 Å². The molecule has 74 valence electrons. The average molecular weight is 184 g/mol. The first kappa shape index (κ1) is 11.7. The fourth-order valence-electron chi connectivity index (χ4n) is 1.06. The summed E-state index contributed by atoms with van der Waals surface area (Å²) < 4.78 is 0. The van der Waals surface area contributed by atoms with E-state index in [1.54, 1.807) is 31.1 Å². The highest BCUT2D eigenvalue weighted by molar-refractivity contribution is 5.65. The summed E-state index contributed by atoms with van der Waals surface area (Å²) in [5, 5.41) is 8.86. The summed E-state index contributed by atoms with van der Waals surface area (Å²) in [7, 11) is 3.59. The number of hydrogen-bond acceptors (Lipinski definition) is 2. The average Bonchev–Trinajstić information content (AvgIpc) is 2.03. The Hall–Kier alpha value is -1.29. The van der Waals surface area contributed by atoms with Crippen LogP contribution in [0, 0.1) is 0 Å². The van der Waals surface area contributed by atoms with Crippen molar-refractivity contribution in [2.75, 3.05) is 20.6 Å². The smallest absolute Gasteiger partial charge is 0.409 e. The van der Waals surface area contributed by atoms with Gasteiger partial charge in [0.1, 0.15) is 6.17 Å². The number of carbonyl (C=O) groups is 1. The van der Waals surface area contributed by atoms with Crippen LogP contribution in [0.5, 0.6) is 0 Å². The maximum absolute atomic E-state index is 10.8. The van der Waals surface area contributed by atoms with Crippen molar-refractivity contribution in [3.63, 3.8) is 0 Å². The second-order valence-electron chi connectivity index (χ2n) is 2.84. The number of amides is 1. The molecule has 0 rings (SSSR count). The topological polar surface area (TPSA) is 43.8 Å². The minimum Gasteiger partial charge on any atom is -0.465 e. The van der Waals surface area contributed by atoms with Crippen LogP contribution in [0.3, 0.4) is 0 Å². The fourth-order valence-corrected chi connectivity index (χ4v) is 1.06. The Bertz CT molecular complexity index is 202. The van der Waals surface area contributed by atoms with Gasteiger partial charge in [-0.1, -0.05) is 18.7 Å². The number of hydrogen-bond donors (Lipinski definition) is 1. The normalized spacial score (nSPS) is 12.2. The third-order valence-corrected chi connectivity index (χ3v) is 1.63. The predicted molar refractivity (Wildman–Crippen MR) is 52.6 cm³/mol. The fraction of sp³-hybridized carbons (Fsp3) is 0.444. The van der Waals surface area contributed by atoms with Crippen LogP contribution in [-0.4, -0.2) is 47.8 Å². The zero-order valence-corrected chi connectivity index (χ0v) is 8.10. The van der Waals surface area contributed by atoms with Crippen LogP contribution >= 0.6 is 0 Å². The molecule has 0 bridgehead atoms. The van der Waals surface area contributed by atoms with Crippen molar-refractivity contribution in [2.24, 2.45) is 0 Å². The number of rotatable bonds is 5. The highest BCUT2D eigenvalue weighted by Crippen LogP contribution is 2.04. The van der Waals surface area contributed by atoms with Gasteiger partial charge in [-0.15, -0.1) is 6.58 Å². The zero-order chi connectivity index (χ0) is 10.4. The predicted octanol–water partition coefficient (Wildman–Crippen LogP) is 1.23. The second-order valence-corrected chi connectivity index (χ2v) is 2.84. The highest BCUT2D eigenvalue weighted by atomic mass is 16.4. The third kappa shape index (κ3) is 3.29. The Labute approximate surface area is 78.8 Å². The van der Waals surface area contributed by atoms with Gasteiger partial charge in [-0.3, -0.25) is 9.80 Å². The van der Waals surface area contributed by atoms with E-state index in [-0.39, 0.29) is 6.17 Å². The van der Waals surface area contributed by atoms with Gasteiger partial charge in [0.15, 0.2) is 0 Å². The molecule has 1 amide bonds. The lowest BCUT2D eigenvalue weighted by atomic mass is 10.3. The number of carboxylic acid groups (broad SMARTS) is 1. The van der Waals surface area contributed by atoms with Gasteiger partial charge in [0.05, 0.1) is 0 Å². The Kier molecular flexibility index (Phi) is 4.84. The van der Waals surface area contributed by atoms with Gasteiger partial charge in [0.2, 0.25) is 0 Å². The van der Waals surface area contributed by atoms with Crippen LogP contribution < -0.4 is 0 Å². The van der Waals surface area contributed by atoms with Crippen molar-refractivity contribution in [3.8, 4) is 0 Å². The number of likely N-dealkylation sites (N-methyl/N-ethyl adjacent to an activating group) is 1. The minimum atomic E-state index is -0.974. The van der Waals surface area contributed by atoms with Gasteiger partial charge in [-0.25, -0.2) is 4.79 Å². The van der Waals surface area contributed by atoms with Gasteiger partial charge >= 0.3 is 6.09 Å².